The molecule has 140 valence electrons. The Morgan fingerprint density at radius 3 is 2.43 bits per heavy atom. The standard InChI is InChI=1S/C20H13Br2N3O3/c21-16-3-1-2-14(8-16)20(27)28-18-6-4-13(5-7-18)10-24-25-19(26)15-9-17(22)12-23-11-15/h1-12H,(H,25,26)/b24-10+. The van der Waals surface area contributed by atoms with Crippen LogP contribution in [0.25, 0.3) is 0 Å². The van der Waals surface area contributed by atoms with Gasteiger partial charge in [-0.3, -0.25) is 9.78 Å². The van der Waals surface area contributed by atoms with Crippen molar-refractivity contribution in [1.82, 2.24) is 10.4 Å². The van der Waals surface area contributed by atoms with Gasteiger partial charge in [0.2, 0.25) is 0 Å². The lowest BCUT2D eigenvalue weighted by Gasteiger charge is -2.05. The van der Waals surface area contributed by atoms with E-state index in [1.54, 1.807) is 54.7 Å². The van der Waals surface area contributed by atoms with Crippen molar-refractivity contribution in [3.63, 3.8) is 0 Å². The van der Waals surface area contributed by atoms with Crippen molar-refractivity contribution in [3.05, 3.63) is 92.6 Å². The third kappa shape index (κ3) is 5.58. The summed E-state index contributed by atoms with van der Waals surface area (Å²) in [6, 6.07) is 15.3. The number of carbonyl (C=O) groups excluding carboxylic acids is 2. The smallest absolute Gasteiger partial charge is 0.343 e. The number of hydrogen-bond donors (Lipinski definition) is 1. The maximum Gasteiger partial charge on any atom is 0.343 e. The minimum atomic E-state index is -0.447. The highest BCUT2D eigenvalue weighted by Gasteiger charge is 2.09. The van der Waals surface area contributed by atoms with Crippen LogP contribution in [0.2, 0.25) is 0 Å². The van der Waals surface area contributed by atoms with Gasteiger partial charge in [0.1, 0.15) is 5.75 Å². The highest BCUT2D eigenvalue weighted by molar-refractivity contribution is 9.10. The number of amides is 1. The number of pyridine rings is 1. The average Bonchev–Trinajstić information content (AvgIpc) is 2.69. The second-order valence-corrected chi connectivity index (χ2v) is 7.39. The molecule has 1 amide bonds. The fraction of sp³-hybridized carbons (Fsp3) is 0. The maximum absolute atomic E-state index is 12.1. The van der Waals surface area contributed by atoms with Crippen molar-refractivity contribution >= 4 is 50.0 Å². The molecule has 0 atom stereocenters. The SMILES string of the molecule is O=C(N/N=C/c1ccc(OC(=O)c2cccc(Br)c2)cc1)c1cncc(Br)c1. The van der Waals surface area contributed by atoms with Crippen molar-refractivity contribution in [2.24, 2.45) is 5.10 Å². The molecule has 0 aliphatic carbocycles. The van der Waals surface area contributed by atoms with Crippen LogP contribution in [-0.4, -0.2) is 23.1 Å². The van der Waals surface area contributed by atoms with Crippen molar-refractivity contribution in [3.8, 4) is 5.75 Å². The van der Waals surface area contributed by atoms with E-state index in [4.69, 9.17) is 4.74 Å². The number of rotatable bonds is 5. The average molecular weight is 503 g/mol. The Labute approximate surface area is 177 Å². The van der Waals surface area contributed by atoms with E-state index in [-0.39, 0.29) is 5.91 Å². The minimum Gasteiger partial charge on any atom is -0.423 e. The Bertz CT molecular complexity index is 1040. The molecule has 3 rings (SSSR count). The molecule has 0 aliphatic rings. The molecule has 8 heteroatoms. The summed E-state index contributed by atoms with van der Waals surface area (Å²) in [6.07, 6.45) is 4.53. The van der Waals surface area contributed by atoms with Crippen LogP contribution in [0.4, 0.5) is 0 Å². The Morgan fingerprint density at radius 1 is 0.964 bits per heavy atom. The van der Waals surface area contributed by atoms with Crippen LogP contribution in [0.1, 0.15) is 26.3 Å². The van der Waals surface area contributed by atoms with E-state index < -0.39 is 5.97 Å². The van der Waals surface area contributed by atoms with E-state index in [0.29, 0.717) is 21.3 Å². The number of ether oxygens (including phenoxy) is 1. The fourth-order valence-electron chi connectivity index (χ4n) is 2.17. The first-order chi connectivity index (χ1) is 13.5. The van der Waals surface area contributed by atoms with Crippen LogP contribution in [0.5, 0.6) is 5.75 Å². The minimum absolute atomic E-state index is 0.371. The number of nitrogens with one attached hydrogen (secondary N) is 1. The van der Waals surface area contributed by atoms with Gasteiger partial charge in [-0.25, -0.2) is 10.2 Å². The van der Waals surface area contributed by atoms with Crippen molar-refractivity contribution in [1.29, 1.82) is 0 Å². The molecular formula is C20H13Br2N3O3. The van der Waals surface area contributed by atoms with Gasteiger partial charge in [-0.05, 0) is 70.0 Å². The van der Waals surface area contributed by atoms with Gasteiger partial charge in [-0.1, -0.05) is 22.0 Å². The summed E-state index contributed by atoms with van der Waals surface area (Å²) in [7, 11) is 0. The zero-order chi connectivity index (χ0) is 19.9. The van der Waals surface area contributed by atoms with Crippen LogP contribution in [0.3, 0.4) is 0 Å². The molecule has 0 aliphatic heterocycles. The molecule has 0 saturated heterocycles. The number of hydrazone groups is 1. The monoisotopic (exact) mass is 501 g/mol. The molecule has 0 saturated carbocycles. The normalized spacial score (nSPS) is 10.6. The lowest BCUT2D eigenvalue weighted by Crippen LogP contribution is -2.17. The van der Waals surface area contributed by atoms with E-state index in [1.807, 2.05) is 6.07 Å². The Balaban J connectivity index is 1.57. The second kappa shape index (κ2) is 9.38. The summed E-state index contributed by atoms with van der Waals surface area (Å²) in [5.74, 6) is -0.409. The van der Waals surface area contributed by atoms with Gasteiger partial charge >= 0.3 is 5.97 Å². The number of carbonyl (C=O) groups is 2. The van der Waals surface area contributed by atoms with Crippen molar-refractivity contribution in [2.75, 3.05) is 0 Å². The Kier molecular flexibility index (Phi) is 6.67. The molecule has 1 N–H and O–H groups in total. The number of halogens is 2. The van der Waals surface area contributed by atoms with Gasteiger partial charge in [-0.15, -0.1) is 0 Å². The topological polar surface area (TPSA) is 80.6 Å². The molecule has 1 heterocycles. The molecule has 2 aromatic carbocycles. The van der Waals surface area contributed by atoms with Crippen LogP contribution in [0, 0.1) is 0 Å². The zero-order valence-corrected chi connectivity index (χ0v) is 17.5. The summed E-state index contributed by atoms with van der Waals surface area (Å²) < 4.78 is 6.84. The quantitative estimate of drug-likeness (QED) is 0.239. The van der Waals surface area contributed by atoms with E-state index in [2.05, 4.69) is 47.4 Å². The first kappa shape index (κ1) is 19.9. The number of hydrogen-bond acceptors (Lipinski definition) is 5. The molecule has 0 fully saturated rings. The van der Waals surface area contributed by atoms with Gasteiger partial charge in [0.15, 0.2) is 0 Å². The second-order valence-electron chi connectivity index (χ2n) is 5.56. The Hall–Kier alpha value is -2.84. The number of esters is 1. The molecule has 6 nitrogen and oxygen atoms in total. The number of aromatic nitrogens is 1. The molecule has 0 unspecified atom stereocenters. The van der Waals surface area contributed by atoms with E-state index in [9.17, 15) is 9.59 Å². The third-order valence-corrected chi connectivity index (χ3v) is 4.42. The number of nitrogens with zero attached hydrogens (tertiary/aromatic N) is 2. The predicted octanol–water partition coefficient (Wildman–Crippen LogP) is 4.59. The van der Waals surface area contributed by atoms with Crippen LogP contribution < -0.4 is 10.2 Å². The summed E-state index contributed by atoms with van der Waals surface area (Å²) in [5.41, 5.74) is 4.00. The first-order valence-electron chi connectivity index (χ1n) is 8.03. The molecule has 3 aromatic rings. The van der Waals surface area contributed by atoms with Crippen LogP contribution in [-0.2, 0) is 0 Å². The van der Waals surface area contributed by atoms with Crippen LogP contribution >= 0.6 is 31.9 Å². The predicted molar refractivity (Wildman–Crippen MR) is 113 cm³/mol. The van der Waals surface area contributed by atoms with Gasteiger partial charge in [0.05, 0.1) is 17.3 Å². The fourth-order valence-corrected chi connectivity index (χ4v) is 2.93. The lowest BCUT2D eigenvalue weighted by atomic mass is 10.2. The lowest BCUT2D eigenvalue weighted by molar-refractivity contribution is 0.0734. The maximum atomic E-state index is 12.1. The molecule has 1 aromatic heterocycles. The van der Waals surface area contributed by atoms with Crippen LogP contribution in [0.15, 0.2) is 81.0 Å². The van der Waals surface area contributed by atoms with Gasteiger partial charge in [0, 0.05) is 21.3 Å². The molecule has 0 spiro atoms. The highest BCUT2D eigenvalue weighted by atomic mass is 79.9. The summed E-state index contributed by atoms with van der Waals surface area (Å²) in [6.45, 7) is 0. The first-order valence-corrected chi connectivity index (χ1v) is 9.61. The van der Waals surface area contributed by atoms with E-state index in [1.165, 1.54) is 12.4 Å². The van der Waals surface area contributed by atoms with Gasteiger partial charge < -0.3 is 4.74 Å². The summed E-state index contributed by atoms with van der Waals surface area (Å²) in [4.78, 5) is 28.0. The highest BCUT2D eigenvalue weighted by Crippen LogP contribution is 2.16. The van der Waals surface area contributed by atoms with Gasteiger partial charge in [-0.2, -0.15) is 5.10 Å². The largest absolute Gasteiger partial charge is 0.423 e. The van der Waals surface area contributed by atoms with Crippen molar-refractivity contribution < 1.29 is 14.3 Å². The summed E-state index contributed by atoms with van der Waals surface area (Å²) in [5, 5.41) is 3.91. The molecule has 28 heavy (non-hydrogen) atoms. The van der Waals surface area contributed by atoms with Gasteiger partial charge in [0.25, 0.3) is 5.91 Å². The van der Waals surface area contributed by atoms with Crippen molar-refractivity contribution in [2.45, 2.75) is 0 Å². The third-order valence-electron chi connectivity index (χ3n) is 3.50. The zero-order valence-electron chi connectivity index (χ0n) is 14.3. The summed E-state index contributed by atoms with van der Waals surface area (Å²) >= 11 is 6.58. The van der Waals surface area contributed by atoms with E-state index in [0.717, 1.165) is 10.0 Å². The molecule has 0 radical (unpaired) electrons. The Morgan fingerprint density at radius 2 is 1.71 bits per heavy atom. The molecule has 0 bridgehead atoms. The number of benzene rings is 2. The van der Waals surface area contributed by atoms with E-state index >= 15 is 0 Å². The molecular weight excluding hydrogens is 490 g/mol.